The van der Waals surface area contributed by atoms with Crippen LogP contribution >= 0.6 is 12.4 Å². The molecule has 1 aromatic rings. The van der Waals surface area contributed by atoms with E-state index in [-0.39, 0.29) is 24.4 Å². The molecule has 2 unspecified atom stereocenters. The third-order valence-corrected chi connectivity index (χ3v) is 3.92. The summed E-state index contributed by atoms with van der Waals surface area (Å²) in [5.74, 6) is 1.47. The molecule has 1 aliphatic carbocycles. The fraction of sp³-hybridized carbons (Fsp3) is 0.533. The highest BCUT2D eigenvalue weighted by Gasteiger charge is 2.27. The predicted molar refractivity (Wildman–Crippen MR) is 84.4 cm³/mol. The lowest BCUT2D eigenvalue weighted by atomic mass is 10.0. The minimum atomic E-state index is -0.0868. The van der Waals surface area contributed by atoms with Crippen LogP contribution in [0.1, 0.15) is 29.6 Å². The molecule has 1 amide bonds. The molecule has 3 N–H and O–H groups in total. The number of nitrogens with one attached hydrogen (secondary N) is 1. The first-order valence-electron chi connectivity index (χ1n) is 6.92. The number of halogens is 1. The summed E-state index contributed by atoms with van der Waals surface area (Å²) in [6.07, 6.45) is 3.22. The second kappa shape index (κ2) is 8.10. The van der Waals surface area contributed by atoms with Gasteiger partial charge in [-0.05, 0) is 43.5 Å². The number of amides is 1. The molecule has 5 nitrogen and oxygen atoms in total. The number of carbonyl (C=O) groups is 1. The van der Waals surface area contributed by atoms with Gasteiger partial charge in [0.25, 0.3) is 5.91 Å². The highest BCUT2D eigenvalue weighted by atomic mass is 35.5. The van der Waals surface area contributed by atoms with E-state index in [1.165, 1.54) is 0 Å². The Bertz CT molecular complexity index is 482. The first-order valence-corrected chi connectivity index (χ1v) is 6.92. The molecule has 0 saturated heterocycles. The van der Waals surface area contributed by atoms with E-state index in [4.69, 9.17) is 15.2 Å². The molecule has 6 heteroatoms. The zero-order valence-electron chi connectivity index (χ0n) is 12.4. The SMILES string of the molecule is COc1ccc(C(=O)NC2CCCC2CN)cc1OC.Cl. The molecule has 0 aromatic heterocycles. The van der Waals surface area contributed by atoms with Crippen molar-refractivity contribution in [2.24, 2.45) is 11.7 Å². The Kier molecular flexibility index (Phi) is 6.78. The van der Waals surface area contributed by atoms with E-state index in [1.807, 2.05) is 0 Å². The first-order chi connectivity index (χ1) is 9.69. The van der Waals surface area contributed by atoms with E-state index in [1.54, 1.807) is 32.4 Å². The van der Waals surface area contributed by atoms with Crippen molar-refractivity contribution in [2.75, 3.05) is 20.8 Å². The summed E-state index contributed by atoms with van der Waals surface area (Å²) in [7, 11) is 3.13. The Labute approximate surface area is 131 Å². The topological polar surface area (TPSA) is 73.6 Å². The van der Waals surface area contributed by atoms with Gasteiger partial charge in [-0.25, -0.2) is 0 Å². The summed E-state index contributed by atoms with van der Waals surface area (Å²) in [5.41, 5.74) is 6.31. The average Bonchev–Trinajstić information content (AvgIpc) is 2.93. The van der Waals surface area contributed by atoms with Crippen molar-refractivity contribution in [3.05, 3.63) is 23.8 Å². The number of hydrogen-bond donors (Lipinski definition) is 2. The molecule has 118 valence electrons. The van der Waals surface area contributed by atoms with Gasteiger partial charge in [0, 0.05) is 11.6 Å². The Balaban J connectivity index is 0.00000220. The van der Waals surface area contributed by atoms with Gasteiger partial charge in [-0.1, -0.05) is 6.42 Å². The molecule has 1 saturated carbocycles. The van der Waals surface area contributed by atoms with Crippen molar-refractivity contribution < 1.29 is 14.3 Å². The smallest absolute Gasteiger partial charge is 0.251 e. The lowest BCUT2D eigenvalue weighted by molar-refractivity contribution is 0.0928. The minimum absolute atomic E-state index is 0. The van der Waals surface area contributed by atoms with E-state index >= 15 is 0 Å². The van der Waals surface area contributed by atoms with Gasteiger partial charge >= 0.3 is 0 Å². The van der Waals surface area contributed by atoms with Crippen molar-refractivity contribution in [3.8, 4) is 11.5 Å². The molecule has 2 atom stereocenters. The van der Waals surface area contributed by atoms with Gasteiger partial charge in [0.2, 0.25) is 0 Å². The van der Waals surface area contributed by atoms with E-state index in [9.17, 15) is 4.79 Å². The van der Waals surface area contributed by atoms with Crippen LogP contribution in [0.5, 0.6) is 11.5 Å². The number of hydrogen-bond acceptors (Lipinski definition) is 4. The zero-order chi connectivity index (χ0) is 14.5. The second-order valence-electron chi connectivity index (χ2n) is 5.08. The second-order valence-corrected chi connectivity index (χ2v) is 5.08. The van der Waals surface area contributed by atoms with Gasteiger partial charge in [-0.2, -0.15) is 0 Å². The van der Waals surface area contributed by atoms with Gasteiger partial charge in [0.15, 0.2) is 11.5 Å². The van der Waals surface area contributed by atoms with Crippen molar-refractivity contribution in [2.45, 2.75) is 25.3 Å². The maximum absolute atomic E-state index is 12.3. The van der Waals surface area contributed by atoms with Crippen molar-refractivity contribution >= 4 is 18.3 Å². The Morgan fingerprint density at radius 2 is 2.00 bits per heavy atom. The van der Waals surface area contributed by atoms with Gasteiger partial charge in [-0.3, -0.25) is 4.79 Å². The summed E-state index contributed by atoms with van der Waals surface area (Å²) in [6.45, 7) is 0.622. The monoisotopic (exact) mass is 314 g/mol. The molecule has 0 bridgehead atoms. The molecule has 0 radical (unpaired) electrons. The number of carbonyl (C=O) groups excluding carboxylic acids is 1. The van der Waals surface area contributed by atoms with Crippen LogP contribution in [0.15, 0.2) is 18.2 Å². The number of nitrogens with two attached hydrogens (primary N) is 1. The van der Waals surface area contributed by atoms with Crippen LogP contribution in [0.3, 0.4) is 0 Å². The summed E-state index contributed by atoms with van der Waals surface area (Å²) in [5, 5.41) is 3.07. The predicted octanol–water partition coefficient (Wildman–Crippen LogP) is 1.98. The lowest BCUT2D eigenvalue weighted by Crippen LogP contribution is -2.39. The molecular weight excluding hydrogens is 292 g/mol. The average molecular weight is 315 g/mol. The van der Waals surface area contributed by atoms with Gasteiger partial charge < -0.3 is 20.5 Å². The zero-order valence-corrected chi connectivity index (χ0v) is 13.2. The largest absolute Gasteiger partial charge is 0.493 e. The molecule has 1 fully saturated rings. The van der Waals surface area contributed by atoms with Crippen LogP contribution in [-0.4, -0.2) is 32.7 Å². The minimum Gasteiger partial charge on any atom is -0.493 e. The third kappa shape index (κ3) is 4.02. The van der Waals surface area contributed by atoms with Gasteiger partial charge in [0.05, 0.1) is 14.2 Å². The Hall–Kier alpha value is -1.46. The van der Waals surface area contributed by atoms with E-state index in [0.717, 1.165) is 19.3 Å². The maximum Gasteiger partial charge on any atom is 0.251 e. The molecule has 2 rings (SSSR count). The highest BCUT2D eigenvalue weighted by Crippen LogP contribution is 2.28. The molecule has 0 heterocycles. The molecular formula is C15H23ClN2O3. The number of methoxy groups -OCH3 is 2. The summed E-state index contributed by atoms with van der Waals surface area (Å²) >= 11 is 0. The number of rotatable bonds is 5. The fourth-order valence-electron chi connectivity index (χ4n) is 2.74. The lowest BCUT2D eigenvalue weighted by Gasteiger charge is -2.19. The maximum atomic E-state index is 12.3. The van der Waals surface area contributed by atoms with Crippen LogP contribution in [0.2, 0.25) is 0 Å². The molecule has 0 spiro atoms. The third-order valence-electron chi connectivity index (χ3n) is 3.92. The summed E-state index contributed by atoms with van der Waals surface area (Å²) < 4.78 is 10.4. The van der Waals surface area contributed by atoms with Crippen molar-refractivity contribution in [3.63, 3.8) is 0 Å². The van der Waals surface area contributed by atoms with E-state index in [2.05, 4.69) is 5.32 Å². The van der Waals surface area contributed by atoms with Crippen LogP contribution in [-0.2, 0) is 0 Å². The molecule has 21 heavy (non-hydrogen) atoms. The van der Waals surface area contributed by atoms with Crippen molar-refractivity contribution in [1.29, 1.82) is 0 Å². The number of ether oxygens (including phenoxy) is 2. The highest BCUT2D eigenvalue weighted by molar-refractivity contribution is 5.95. The molecule has 1 aromatic carbocycles. The fourth-order valence-corrected chi connectivity index (χ4v) is 2.74. The first kappa shape index (κ1) is 17.6. The summed E-state index contributed by atoms with van der Waals surface area (Å²) in [6, 6.07) is 5.35. The van der Waals surface area contributed by atoms with Crippen LogP contribution in [0.4, 0.5) is 0 Å². The molecule has 0 aliphatic heterocycles. The van der Waals surface area contributed by atoms with Gasteiger partial charge in [-0.15, -0.1) is 12.4 Å². The Morgan fingerprint density at radius 1 is 1.29 bits per heavy atom. The quantitative estimate of drug-likeness (QED) is 0.871. The Morgan fingerprint density at radius 3 is 2.62 bits per heavy atom. The van der Waals surface area contributed by atoms with Gasteiger partial charge in [0.1, 0.15) is 0 Å². The van der Waals surface area contributed by atoms with Crippen LogP contribution < -0.4 is 20.5 Å². The van der Waals surface area contributed by atoms with Crippen molar-refractivity contribution in [1.82, 2.24) is 5.32 Å². The standard InChI is InChI=1S/C15H22N2O3.ClH/c1-19-13-7-6-10(8-14(13)20-2)15(18)17-12-5-3-4-11(12)9-16;/h6-8,11-12H,3-5,9,16H2,1-2H3,(H,17,18);1H. The number of benzene rings is 1. The summed E-state index contributed by atoms with van der Waals surface area (Å²) in [4.78, 5) is 12.3. The molecule has 1 aliphatic rings. The van der Waals surface area contributed by atoms with Crippen LogP contribution in [0, 0.1) is 5.92 Å². The normalized spacial score (nSPS) is 20.5. The van der Waals surface area contributed by atoms with Crippen LogP contribution in [0.25, 0.3) is 0 Å². The van der Waals surface area contributed by atoms with E-state index < -0.39 is 0 Å². The van der Waals surface area contributed by atoms with E-state index in [0.29, 0.717) is 29.5 Å².